The van der Waals surface area contributed by atoms with E-state index in [9.17, 15) is 0 Å². The van der Waals surface area contributed by atoms with Crippen molar-refractivity contribution in [1.82, 2.24) is 4.90 Å². The lowest BCUT2D eigenvalue weighted by Crippen LogP contribution is -2.46. The standard InChI is InChI=1S/C13H19N3/c1-13(2,10-15)16(3)9-12-6-4-5-11(7-12)8-14/h4-7H,9-10,15H2,1-3H3. The summed E-state index contributed by atoms with van der Waals surface area (Å²) in [6, 6.07) is 9.83. The van der Waals surface area contributed by atoms with Crippen LogP contribution in [-0.4, -0.2) is 24.0 Å². The van der Waals surface area contributed by atoms with Crippen molar-refractivity contribution in [3.8, 4) is 6.07 Å². The van der Waals surface area contributed by atoms with E-state index >= 15 is 0 Å². The highest BCUT2D eigenvalue weighted by atomic mass is 15.2. The lowest BCUT2D eigenvalue weighted by molar-refractivity contribution is 0.156. The number of hydrogen-bond acceptors (Lipinski definition) is 3. The number of likely N-dealkylation sites (N-methyl/N-ethyl adjacent to an activating group) is 1. The lowest BCUT2D eigenvalue weighted by atomic mass is 10.0. The molecule has 1 aromatic carbocycles. The molecule has 0 saturated carbocycles. The molecule has 3 nitrogen and oxygen atoms in total. The number of nitrogens with two attached hydrogens (primary N) is 1. The summed E-state index contributed by atoms with van der Waals surface area (Å²) in [4.78, 5) is 2.20. The molecule has 0 fully saturated rings. The van der Waals surface area contributed by atoms with E-state index in [2.05, 4.69) is 24.8 Å². The van der Waals surface area contributed by atoms with E-state index in [1.165, 1.54) is 0 Å². The van der Waals surface area contributed by atoms with Gasteiger partial charge in [0, 0.05) is 18.6 Å². The minimum absolute atomic E-state index is 0.0252. The van der Waals surface area contributed by atoms with Crippen LogP contribution in [0, 0.1) is 11.3 Å². The molecule has 0 amide bonds. The molecule has 0 spiro atoms. The van der Waals surface area contributed by atoms with Crippen LogP contribution in [0.15, 0.2) is 24.3 Å². The van der Waals surface area contributed by atoms with Gasteiger partial charge < -0.3 is 5.73 Å². The molecule has 16 heavy (non-hydrogen) atoms. The molecule has 0 aliphatic heterocycles. The second kappa shape index (κ2) is 5.11. The molecule has 1 aromatic rings. The highest BCUT2D eigenvalue weighted by molar-refractivity contribution is 5.32. The van der Waals surface area contributed by atoms with Crippen molar-refractivity contribution in [3.63, 3.8) is 0 Å². The van der Waals surface area contributed by atoms with Crippen LogP contribution in [0.3, 0.4) is 0 Å². The van der Waals surface area contributed by atoms with Crippen molar-refractivity contribution in [3.05, 3.63) is 35.4 Å². The first-order chi connectivity index (χ1) is 7.49. The zero-order valence-electron chi connectivity index (χ0n) is 10.2. The fourth-order valence-electron chi connectivity index (χ4n) is 1.38. The van der Waals surface area contributed by atoms with Gasteiger partial charge in [0.2, 0.25) is 0 Å². The predicted molar refractivity (Wildman–Crippen MR) is 65.8 cm³/mol. The fourth-order valence-corrected chi connectivity index (χ4v) is 1.38. The van der Waals surface area contributed by atoms with E-state index < -0.39 is 0 Å². The monoisotopic (exact) mass is 217 g/mol. The first-order valence-corrected chi connectivity index (χ1v) is 5.40. The van der Waals surface area contributed by atoms with Crippen LogP contribution in [0.2, 0.25) is 0 Å². The first kappa shape index (κ1) is 12.7. The third kappa shape index (κ3) is 3.06. The molecule has 3 heteroatoms. The Balaban J connectivity index is 2.77. The molecule has 1 rings (SSSR count). The maximum absolute atomic E-state index is 8.82. The summed E-state index contributed by atoms with van der Waals surface area (Å²) in [5.74, 6) is 0. The van der Waals surface area contributed by atoms with E-state index in [4.69, 9.17) is 11.0 Å². The van der Waals surface area contributed by atoms with E-state index in [1.807, 2.05) is 31.3 Å². The summed E-state index contributed by atoms with van der Waals surface area (Å²) >= 11 is 0. The van der Waals surface area contributed by atoms with Crippen LogP contribution in [0.1, 0.15) is 25.0 Å². The quantitative estimate of drug-likeness (QED) is 0.835. The van der Waals surface area contributed by atoms with E-state index in [0.29, 0.717) is 12.1 Å². The molecule has 0 radical (unpaired) electrons. The summed E-state index contributed by atoms with van der Waals surface area (Å²) in [7, 11) is 2.05. The zero-order valence-corrected chi connectivity index (χ0v) is 10.2. The maximum atomic E-state index is 8.82. The summed E-state index contributed by atoms with van der Waals surface area (Å²) in [6.07, 6.45) is 0. The average Bonchev–Trinajstić information content (AvgIpc) is 2.29. The Hall–Kier alpha value is -1.37. The molecular weight excluding hydrogens is 198 g/mol. The molecule has 2 N–H and O–H groups in total. The van der Waals surface area contributed by atoms with Gasteiger partial charge in [-0.2, -0.15) is 5.26 Å². The van der Waals surface area contributed by atoms with Gasteiger partial charge >= 0.3 is 0 Å². The van der Waals surface area contributed by atoms with E-state index in [-0.39, 0.29) is 5.54 Å². The van der Waals surface area contributed by atoms with Crippen LogP contribution in [0.25, 0.3) is 0 Å². The van der Waals surface area contributed by atoms with Crippen molar-refractivity contribution in [2.24, 2.45) is 5.73 Å². The van der Waals surface area contributed by atoms with Gasteiger partial charge in [0.15, 0.2) is 0 Å². The van der Waals surface area contributed by atoms with Crippen LogP contribution >= 0.6 is 0 Å². The summed E-state index contributed by atoms with van der Waals surface area (Å²) in [5, 5.41) is 8.82. The highest BCUT2D eigenvalue weighted by Crippen LogP contribution is 2.15. The van der Waals surface area contributed by atoms with Gasteiger partial charge in [0.25, 0.3) is 0 Å². The Morgan fingerprint density at radius 2 is 2.12 bits per heavy atom. The number of benzene rings is 1. The minimum atomic E-state index is -0.0252. The van der Waals surface area contributed by atoms with Crippen molar-refractivity contribution in [1.29, 1.82) is 5.26 Å². The number of nitrogens with zero attached hydrogens (tertiary/aromatic N) is 2. The number of nitriles is 1. The Morgan fingerprint density at radius 3 is 2.69 bits per heavy atom. The van der Waals surface area contributed by atoms with Crippen LogP contribution in [0.5, 0.6) is 0 Å². The maximum Gasteiger partial charge on any atom is 0.0991 e. The third-order valence-electron chi connectivity index (χ3n) is 3.01. The predicted octanol–water partition coefficient (Wildman–Crippen LogP) is 1.73. The Labute approximate surface area is 97.5 Å². The smallest absolute Gasteiger partial charge is 0.0991 e. The van der Waals surface area contributed by atoms with Crippen molar-refractivity contribution in [2.45, 2.75) is 25.9 Å². The van der Waals surface area contributed by atoms with Gasteiger partial charge in [-0.15, -0.1) is 0 Å². The molecule has 0 aromatic heterocycles. The molecule has 0 aliphatic carbocycles. The molecule has 0 heterocycles. The second-order valence-electron chi connectivity index (χ2n) is 4.68. The minimum Gasteiger partial charge on any atom is -0.329 e. The second-order valence-corrected chi connectivity index (χ2v) is 4.68. The Kier molecular flexibility index (Phi) is 4.05. The molecule has 0 saturated heterocycles. The summed E-state index contributed by atoms with van der Waals surface area (Å²) in [5.41, 5.74) is 7.54. The molecule has 86 valence electrons. The summed E-state index contributed by atoms with van der Waals surface area (Å²) < 4.78 is 0. The van der Waals surface area contributed by atoms with E-state index in [0.717, 1.165) is 12.1 Å². The summed E-state index contributed by atoms with van der Waals surface area (Å²) in [6.45, 7) is 5.64. The first-order valence-electron chi connectivity index (χ1n) is 5.40. The van der Waals surface area contributed by atoms with Crippen LogP contribution in [0.4, 0.5) is 0 Å². The molecule has 0 bridgehead atoms. The number of hydrogen-bond donors (Lipinski definition) is 1. The van der Waals surface area contributed by atoms with Gasteiger partial charge in [-0.25, -0.2) is 0 Å². The zero-order chi connectivity index (χ0) is 12.2. The lowest BCUT2D eigenvalue weighted by Gasteiger charge is -2.34. The van der Waals surface area contributed by atoms with Gasteiger partial charge in [0.05, 0.1) is 11.6 Å². The Morgan fingerprint density at radius 1 is 1.44 bits per heavy atom. The van der Waals surface area contributed by atoms with Crippen LogP contribution in [-0.2, 0) is 6.54 Å². The highest BCUT2D eigenvalue weighted by Gasteiger charge is 2.21. The van der Waals surface area contributed by atoms with Gasteiger partial charge in [0.1, 0.15) is 0 Å². The van der Waals surface area contributed by atoms with E-state index in [1.54, 1.807) is 0 Å². The van der Waals surface area contributed by atoms with Gasteiger partial charge in [-0.05, 0) is 38.6 Å². The largest absolute Gasteiger partial charge is 0.329 e. The normalized spacial score (nSPS) is 11.5. The Bertz CT molecular complexity index is 390. The molecule has 0 unspecified atom stereocenters. The molecule has 0 aliphatic rings. The fraction of sp³-hybridized carbons (Fsp3) is 0.462. The van der Waals surface area contributed by atoms with Crippen molar-refractivity contribution < 1.29 is 0 Å². The van der Waals surface area contributed by atoms with Gasteiger partial charge in [-0.1, -0.05) is 12.1 Å². The SMILES string of the molecule is CN(Cc1cccc(C#N)c1)C(C)(C)CN. The van der Waals surface area contributed by atoms with Crippen molar-refractivity contribution in [2.75, 3.05) is 13.6 Å². The topological polar surface area (TPSA) is 53.0 Å². The van der Waals surface area contributed by atoms with Crippen LogP contribution < -0.4 is 5.73 Å². The average molecular weight is 217 g/mol. The molecular formula is C13H19N3. The number of rotatable bonds is 4. The third-order valence-corrected chi connectivity index (χ3v) is 3.01. The van der Waals surface area contributed by atoms with Gasteiger partial charge in [-0.3, -0.25) is 4.90 Å². The van der Waals surface area contributed by atoms with Crippen molar-refractivity contribution >= 4 is 0 Å². The molecule has 0 atom stereocenters.